The second-order valence-electron chi connectivity index (χ2n) is 2.28. The predicted molar refractivity (Wildman–Crippen MR) is 41.6 cm³/mol. The molecule has 1 nitrogen and oxygen atoms in total. The van der Waals surface area contributed by atoms with E-state index in [0.717, 1.165) is 5.52 Å². The Morgan fingerprint density at radius 1 is 1.10 bits per heavy atom. The average Bonchev–Trinajstić information content (AvgIpc) is 2.34. The predicted octanol–water partition coefficient (Wildman–Crippen LogP) is 2.16. The molecule has 0 spiro atoms. The Balaban J connectivity index is 2.93. The first-order valence-electron chi connectivity index (χ1n) is 3.19. The highest BCUT2D eigenvalue weighted by Gasteiger charge is 1.92. The number of hydrogen-bond donors (Lipinski definition) is 0. The van der Waals surface area contributed by atoms with Crippen molar-refractivity contribution in [1.29, 1.82) is 0 Å². The highest BCUT2D eigenvalue weighted by molar-refractivity contribution is 5.80. The molecule has 1 heteroatoms. The normalized spacial score (nSPS) is 10.5. The van der Waals surface area contributed by atoms with Crippen molar-refractivity contribution in [2.24, 2.45) is 0 Å². The highest BCUT2D eigenvalue weighted by Crippen LogP contribution is 2.12. The van der Waals surface area contributed by atoms with Gasteiger partial charge in [-0.3, -0.25) is 0 Å². The summed E-state index contributed by atoms with van der Waals surface area (Å²) in [7, 11) is 5.59. The molecule has 2 aromatic rings. The van der Waals surface area contributed by atoms with Crippen molar-refractivity contribution in [2.75, 3.05) is 0 Å². The standard InChI is InChI=1S/C9H7N/c1-10-7-6-8-4-2-3-5-9(8)10/h1-7H. The molecule has 0 unspecified atom stereocenters. The van der Waals surface area contributed by atoms with Crippen LogP contribution in [0.3, 0.4) is 0 Å². The summed E-state index contributed by atoms with van der Waals surface area (Å²) in [6, 6.07) is 10.0. The third kappa shape index (κ3) is 0.637. The lowest BCUT2D eigenvalue weighted by Gasteiger charge is -1.91. The van der Waals surface area contributed by atoms with Gasteiger partial charge in [-0.15, -0.1) is 0 Å². The minimum atomic E-state index is 1.07. The quantitative estimate of drug-likeness (QED) is 0.513. The second-order valence-corrected chi connectivity index (χ2v) is 2.28. The SMILES string of the molecule is [CH]n1ccc2ccccc21. The number of hydrogen-bond acceptors (Lipinski definition) is 0. The van der Waals surface area contributed by atoms with Gasteiger partial charge in [0.25, 0.3) is 0 Å². The van der Waals surface area contributed by atoms with E-state index in [-0.39, 0.29) is 0 Å². The summed E-state index contributed by atoms with van der Waals surface area (Å²) >= 11 is 0. The summed E-state index contributed by atoms with van der Waals surface area (Å²) in [5.41, 5.74) is 1.07. The van der Waals surface area contributed by atoms with Gasteiger partial charge in [0.15, 0.2) is 0 Å². The molecule has 0 N–H and O–H groups in total. The van der Waals surface area contributed by atoms with Crippen LogP contribution in [0.5, 0.6) is 0 Å². The van der Waals surface area contributed by atoms with Crippen molar-refractivity contribution in [2.45, 2.75) is 0 Å². The topological polar surface area (TPSA) is 4.93 Å². The third-order valence-electron chi connectivity index (χ3n) is 1.63. The fourth-order valence-corrected chi connectivity index (χ4v) is 1.10. The van der Waals surface area contributed by atoms with E-state index in [1.807, 2.05) is 36.5 Å². The summed E-state index contributed by atoms with van der Waals surface area (Å²) in [6.07, 6.45) is 1.85. The first-order valence-corrected chi connectivity index (χ1v) is 3.19. The van der Waals surface area contributed by atoms with Gasteiger partial charge < -0.3 is 4.57 Å². The molecule has 0 atom stereocenters. The molecule has 0 amide bonds. The summed E-state index contributed by atoms with van der Waals surface area (Å²) in [6.45, 7) is 0. The molecule has 1 heterocycles. The molecule has 48 valence electrons. The van der Waals surface area contributed by atoms with Crippen LogP contribution in [0.1, 0.15) is 0 Å². The van der Waals surface area contributed by atoms with Gasteiger partial charge >= 0.3 is 0 Å². The number of benzene rings is 1. The molecule has 0 bridgehead atoms. The maximum Gasteiger partial charge on any atom is 0.0793 e. The van der Waals surface area contributed by atoms with E-state index in [9.17, 15) is 0 Å². The van der Waals surface area contributed by atoms with Gasteiger partial charge in [-0.05, 0) is 17.5 Å². The van der Waals surface area contributed by atoms with Gasteiger partial charge in [-0.1, -0.05) is 18.2 Å². The first kappa shape index (κ1) is 5.54. The molecule has 0 aliphatic carbocycles. The van der Waals surface area contributed by atoms with Crippen LogP contribution in [-0.2, 0) is 0 Å². The van der Waals surface area contributed by atoms with Crippen LogP contribution in [0, 0.1) is 7.05 Å². The molecule has 0 aliphatic rings. The van der Waals surface area contributed by atoms with Gasteiger partial charge in [0.05, 0.1) is 7.05 Å². The van der Waals surface area contributed by atoms with Crippen molar-refractivity contribution in [3.05, 3.63) is 43.6 Å². The lowest BCUT2D eigenvalue weighted by molar-refractivity contribution is 1.14. The molecule has 0 saturated carbocycles. The van der Waals surface area contributed by atoms with Gasteiger partial charge in [-0.25, -0.2) is 0 Å². The summed E-state index contributed by atoms with van der Waals surface area (Å²) in [4.78, 5) is 0. The van der Waals surface area contributed by atoms with E-state index in [1.165, 1.54) is 5.39 Å². The third-order valence-corrected chi connectivity index (χ3v) is 1.63. The van der Waals surface area contributed by atoms with Crippen LogP contribution in [-0.4, -0.2) is 4.57 Å². The van der Waals surface area contributed by atoms with Crippen LogP contribution >= 0.6 is 0 Å². The fourth-order valence-electron chi connectivity index (χ4n) is 1.10. The molecule has 2 radical (unpaired) electrons. The molecule has 2 rings (SSSR count). The minimum absolute atomic E-state index is 1.07. The number of aromatic nitrogens is 1. The largest absolute Gasteiger partial charge is 0.340 e. The Labute approximate surface area is 59.9 Å². The smallest absolute Gasteiger partial charge is 0.0793 e. The van der Waals surface area contributed by atoms with Crippen LogP contribution in [0.2, 0.25) is 0 Å². The van der Waals surface area contributed by atoms with Gasteiger partial charge in [0.2, 0.25) is 0 Å². The molecule has 0 saturated heterocycles. The molecule has 1 aromatic heterocycles. The number of fused-ring (bicyclic) bond motifs is 1. The summed E-state index contributed by atoms with van der Waals surface area (Å²) in [5.74, 6) is 0. The maximum atomic E-state index is 5.59. The van der Waals surface area contributed by atoms with E-state index >= 15 is 0 Å². The van der Waals surface area contributed by atoms with Crippen molar-refractivity contribution in [3.8, 4) is 0 Å². The van der Waals surface area contributed by atoms with Crippen LogP contribution in [0.4, 0.5) is 0 Å². The van der Waals surface area contributed by atoms with E-state index < -0.39 is 0 Å². The van der Waals surface area contributed by atoms with Crippen LogP contribution in [0.25, 0.3) is 10.9 Å². The molecule has 0 fully saturated rings. The molecule has 10 heavy (non-hydrogen) atoms. The van der Waals surface area contributed by atoms with Gasteiger partial charge in [0, 0.05) is 11.7 Å². The summed E-state index contributed by atoms with van der Waals surface area (Å²) in [5, 5.41) is 1.19. The van der Waals surface area contributed by atoms with E-state index in [2.05, 4.69) is 0 Å². The fraction of sp³-hybridized carbons (Fsp3) is 0. The van der Waals surface area contributed by atoms with Gasteiger partial charge in [0.1, 0.15) is 0 Å². The Kier molecular flexibility index (Phi) is 1.04. The Morgan fingerprint density at radius 2 is 1.90 bits per heavy atom. The van der Waals surface area contributed by atoms with Crippen molar-refractivity contribution >= 4 is 10.9 Å². The van der Waals surface area contributed by atoms with Crippen molar-refractivity contribution in [3.63, 3.8) is 0 Å². The Morgan fingerprint density at radius 3 is 2.70 bits per heavy atom. The monoisotopic (exact) mass is 129 g/mol. The highest BCUT2D eigenvalue weighted by atomic mass is 14.9. The van der Waals surface area contributed by atoms with Crippen molar-refractivity contribution < 1.29 is 0 Å². The van der Waals surface area contributed by atoms with Crippen molar-refractivity contribution in [1.82, 2.24) is 4.57 Å². The Hall–Kier alpha value is -1.24. The zero-order valence-electron chi connectivity index (χ0n) is 5.49. The number of para-hydroxylation sites is 1. The lowest BCUT2D eigenvalue weighted by Crippen LogP contribution is -1.78. The van der Waals surface area contributed by atoms with Gasteiger partial charge in [-0.2, -0.15) is 0 Å². The second kappa shape index (κ2) is 1.87. The molecular formula is C9H7N. The van der Waals surface area contributed by atoms with E-state index in [0.29, 0.717) is 0 Å². The molecule has 1 aromatic carbocycles. The number of rotatable bonds is 0. The maximum absolute atomic E-state index is 5.59. The molecular weight excluding hydrogens is 122 g/mol. The first-order chi connectivity index (χ1) is 4.88. The van der Waals surface area contributed by atoms with Crippen LogP contribution < -0.4 is 0 Å². The van der Waals surface area contributed by atoms with E-state index in [1.54, 1.807) is 4.57 Å². The van der Waals surface area contributed by atoms with E-state index in [4.69, 9.17) is 7.05 Å². The Bertz CT molecular complexity index is 346. The summed E-state index contributed by atoms with van der Waals surface area (Å²) < 4.78 is 1.62. The average molecular weight is 129 g/mol. The zero-order valence-corrected chi connectivity index (χ0v) is 5.49. The zero-order chi connectivity index (χ0) is 6.97. The minimum Gasteiger partial charge on any atom is -0.340 e. The molecule has 0 aliphatic heterocycles. The lowest BCUT2D eigenvalue weighted by atomic mass is 10.2. The van der Waals surface area contributed by atoms with Crippen LogP contribution in [0.15, 0.2) is 36.5 Å². The number of nitrogens with zero attached hydrogens (tertiary/aromatic N) is 1.